The van der Waals surface area contributed by atoms with Crippen molar-refractivity contribution in [3.8, 4) is 5.75 Å². The molecule has 2 aromatic rings. The quantitative estimate of drug-likeness (QED) is 0.472. The Morgan fingerprint density at radius 3 is 2.26 bits per heavy atom. The molecule has 0 saturated heterocycles. The number of benzene rings is 2. The molecule has 0 atom stereocenters. The zero-order chi connectivity index (χ0) is 25.5. The first-order chi connectivity index (χ1) is 15.9. The van der Waals surface area contributed by atoms with Gasteiger partial charge in [-0.2, -0.15) is 0 Å². The lowest BCUT2D eigenvalue weighted by atomic mass is 10.1. The second kappa shape index (κ2) is 12.1. The van der Waals surface area contributed by atoms with Gasteiger partial charge in [0.15, 0.2) is 0 Å². The lowest BCUT2D eigenvalue weighted by Gasteiger charge is -2.20. The van der Waals surface area contributed by atoms with Crippen LogP contribution in [0.15, 0.2) is 35.2 Å². The van der Waals surface area contributed by atoms with Crippen molar-refractivity contribution in [2.45, 2.75) is 31.7 Å². The number of nitrogens with one attached hydrogen (secondary N) is 2. The third-order valence-corrected chi connectivity index (χ3v) is 7.55. The first kappa shape index (κ1) is 27.6. The van der Waals surface area contributed by atoms with Gasteiger partial charge in [0.1, 0.15) is 11.6 Å². The molecule has 0 heterocycles. The third kappa shape index (κ3) is 7.41. The average Bonchev–Trinajstić information content (AvgIpc) is 2.76. The number of rotatable bonds is 12. The number of likely N-dealkylation sites (N-methyl/N-ethyl adjacent to an activating group) is 1. The molecule has 0 saturated carbocycles. The van der Waals surface area contributed by atoms with Crippen LogP contribution in [0.4, 0.5) is 10.1 Å². The van der Waals surface area contributed by atoms with Gasteiger partial charge >= 0.3 is 0 Å². The molecule has 0 spiro atoms. The largest absolute Gasteiger partial charge is 0.497 e. The number of methoxy groups -OCH3 is 1. The van der Waals surface area contributed by atoms with Crippen molar-refractivity contribution in [3.05, 3.63) is 52.8 Å². The number of halogens is 1. The Bertz CT molecular complexity index is 1080. The Morgan fingerprint density at radius 2 is 1.71 bits per heavy atom. The fourth-order valence-electron chi connectivity index (χ4n) is 3.49. The Balaban J connectivity index is 1.91. The van der Waals surface area contributed by atoms with E-state index in [4.69, 9.17) is 4.74 Å². The van der Waals surface area contributed by atoms with Gasteiger partial charge in [0.25, 0.3) is 0 Å². The molecule has 0 aromatic heterocycles. The van der Waals surface area contributed by atoms with E-state index in [-0.39, 0.29) is 36.1 Å². The second-order valence-electron chi connectivity index (χ2n) is 8.49. The van der Waals surface area contributed by atoms with Crippen LogP contribution in [0, 0.1) is 19.7 Å². The zero-order valence-electron chi connectivity index (χ0n) is 20.7. The molecule has 34 heavy (non-hydrogen) atoms. The van der Waals surface area contributed by atoms with Crippen LogP contribution in [-0.4, -0.2) is 71.4 Å². The van der Waals surface area contributed by atoms with Crippen molar-refractivity contribution in [1.82, 2.24) is 14.5 Å². The highest BCUT2D eigenvalue weighted by molar-refractivity contribution is 7.89. The van der Waals surface area contributed by atoms with E-state index in [1.165, 1.54) is 24.5 Å². The Morgan fingerprint density at radius 1 is 1.06 bits per heavy atom. The molecule has 2 N–H and O–H groups in total. The molecule has 0 radical (unpaired) electrons. The summed E-state index contributed by atoms with van der Waals surface area (Å²) in [7, 11) is 3.09. The summed E-state index contributed by atoms with van der Waals surface area (Å²) in [4.78, 5) is 14.5. The Labute approximate surface area is 202 Å². The van der Waals surface area contributed by atoms with E-state index in [2.05, 4.69) is 10.6 Å². The number of sulfonamides is 1. The predicted octanol–water partition coefficient (Wildman–Crippen LogP) is 2.75. The van der Waals surface area contributed by atoms with Gasteiger partial charge in [-0.3, -0.25) is 4.79 Å². The summed E-state index contributed by atoms with van der Waals surface area (Å²) in [6.45, 7) is 4.99. The smallest absolute Gasteiger partial charge is 0.243 e. The summed E-state index contributed by atoms with van der Waals surface area (Å²) in [6.07, 6.45) is -0.0172. The first-order valence-electron chi connectivity index (χ1n) is 11.0. The van der Waals surface area contributed by atoms with Gasteiger partial charge in [-0.05, 0) is 68.9 Å². The average molecular weight is 495 g/mol. The molecule has 2 rings (SSSR count). The summed E-state index contributed by atoms with van der Waals surface area (Å²) in [5, 5.41) is 5.75. The molecule has 0 aliphatic carbocycles. The molecule has 0 aliphatic heterocycles. The molecule has 8 nitrogen and oxygen atoms in total. The van der Waals surface area contributed by atoms with Gasteiger partial charge in [0.2, 0.25) is 15.9 Å². The van der Waals surface area contributed by atoms with E-state index in [1.807, 2.05) is 19.0 Å². The fraction of sp³-hybridized carbons (Fsp3) is 0.458. The third-order valence-electron chi connectivity index (χ3n) is 5.39. The minimum absolute atomic E-state index is 0.0160. The van der Waals surface area contributed by atoms with Crippen molar-refractivity contribution in [2.75, 3.05) is 53.2 Å². The number of anilines is 1. The maximum Gasteiger partial charge on any atom is 0.243 e. The van der Waals surface area contributed by atoms with Crippen LogP contribution in [0.1, 0.15) is 23.1 Å². The molecule has 0 fully saturated rings. The summed E-state index contributed by atoms with van der Waals surface area (Å²) in [6, 6.07) is 8.11. The van der Waals surface area contributed by atoms with Gasteiger partial charge < -0.3 is 20.3 Å². The van der Waals surface area contributed by atoms with Gasteiger partial charge in [-0.1, -0.05) is 6.07 Å². The number of amides is 1. The molecule has 1 amide bonds. The van der Waals surface area contributed by atoms with Crippen LogP contribution in [-0.2, 0) is 21.4 Å². The fourth-order valence-corrected chi connectivity index (χ4v) is 5.06. The highest BCUT2D eigenvalue weighted by atomic mass is 32.2. The number of hydrogen-bond acceptors (Lipinski definition) is 6. The van der Waals surface area contributed by atoms with Crippen molar-refractivity contribution in [1.29, 1.82) is 0 Å². The van der Waals surface area contributed by atoms with E-state index in [0.29, 0.717) is 34.7 Å². The minimum atomic E-state index is -3.77. The lowest BCUT2D eigenvalue weighted by molar-refractivity contribution is -0.121. The SMILES string of the molecule is COc1cc(C)c(S(=O)(=O)N(C)CCC(=O)NCc2ccc(NCCN(C)C)c(F)c2)c(C)c1. The number of carbonyl (C=O) groups is 1. The standard InChI is InChI=1S/C24H35FN4O4S/c1-17-13-20(33-6)14-18(2)24(17)34(31,32)29(5)11-9-23(30)27-16-19-7-8-22(21(25)15-19)26-10-12-28(3)4/h7-8,13-15,26H,9-12,16H2,1-6H3,(H,27,30). The molecule has 188 valence electrons. The summed E-state index contributed by atoms with van der Waals surface area (Å²) in [5.74, 6) is -0.120. The van der Waals surface area contributed by atoms with Crippen molar-refractivity contribution in [2.24, 2.45) is 0 Å². The van der Waals surface area contributed by atoms with Gasteiger partial charge in [-0.15, -0.1) is 0 Å². The molecular formula is C24H35FN4O4S. The van der Waals surface area contributed by atoms with E-state index in [0.717, 1.165) is 6.54 Å². The van der Waals surface area contributed by atoms with Gasteiger partial charge in [-0.25, -0.2) is 17.1 Å². The van der Waals surface area contributed by atoms with Crippen LogP contribution in [0.2, 0.25) is 0 Å². The summed E-state index contributed by atoms with van der Waals surface area (Å²) >= 11 is 0. The van der Waals surface area contributed by atoms with Crippen LogP contribution >= 0.6 is 0 Å². The number of ether oxygens (including phenoxy) is 1. The molecular weight excluding hydrogens is 459 g/mol. The van der Waals surface area contributed by atoms with Crippen LogP contribution in [0.5, 0.6) is 5.75 Å². The van der Waals surface area contributed by atoms with E-state index in [9.17, 15) is 17.6 Å². The van der Waals surface area contributed by atoms with Gasteiger partial charge in [0, 0.05) is 39.6 Å². The normalized spacial score (nSPS) is 11.7. The number of aryl methyl sites for hydroxylation is 2. The number of carbonyl (C=O) groups excluding carboxylic acids is 1. The molecule has 0 bridgehead atoms. The van der Waals surface area contributed by atoms with E-state index < -0.39 is 10.0 Å². The van der Waals surface area contributed by atoms with Gasteiger partial charge in [0.05, 0.1) is 17.7 Å². The maximum absolute atomic E-state index is 14.3. The Hall–Kier alpha value is -2.69. The highest BCUT2D eigenvalue weighted by Crippen LogP contribution is 2.27. The maximum atomic E-state index is 14.3. The first-order valence-corrected chi connectivity index (χ1v) is 12.4. The number of nitrogens with zero attached hydrogens (tertiary/aromatic N) is 2. The van der Waals surface area contributed by atoms with Crippen molar-refractivity contribution in [3.63, 3.8) is 0 Å². The van der Waals surface area contributed by atoms with Crippen molar-refractivity contribution < 1.29 is 22.3 Å². The second-order valence-corrected chi connectivity index (χ2v) is 10.5. The minimum Gasteiger partial charge on any atom is -0.497 e. The zero-order valence-corrected chi connectivity index (χ0v) is 21.6. The monoisotopic (exact) mass is 494 g/mol. The topological polar surface area (TPSA) is 91.0 Å². The summed E-state index contributed by atoms with van der Waals surface area (Å²) in [5.41, 5.74) is 2.19. The van der Waals surface area contributed by atoms with E-state index >= 15 is 0 Å². The molecule has 0 aliphatic rings. The van der Waals surface area contributed by atoms with Crippen LogP contribution < -0.4 is 15.4 Å². The molecule has 2 aromatic carbocycles. The lowest BCUT2D eigenvalue weighted by Crippen LogP contribution is -2.33. The van der Waals surface area contributed by atoms with Crippen molar-refractivity contribution >= 4 is 21.6 Å². The van der Waals surface area contributed by atoms with Crippen LogP contribution in [0.25, 0.3) is 0 Å². The summed E-state index contributed by atoms with van der Waals surface area (Å²) < 4.78 is 46.8. The molecule has 10 heteroatoms. The van der Waals surface area contributed by atoms with E-state index in [1.54, 1.807) is 38.1 Å². The highest BCUT2D eigenvalue weighted by Gasteiger charge is 2.25. The number of hydrogen-bond donors (Lipinski definition) is 2. The van der Waals surface area contributed by atoms with Crippen LogP contribution in [0.3, 0.4) is 0 Å². The molecule has 0 unspecified atom stereocenters. The predicted molar refractivity (Wildman–Crippen MR) is 132 cm³/mol. The Kier molecular flexibility index (Phi) is 9.84.